The van der Waals surface area contributed by atoms with Gasteiger partial charge in [0.25, 0.3) is 0 Å². The number of benzene rings is 1. The Morgan fingerprint density at radius 2 is 1.76 bits per heavy atom. The molecule has 1 aromatic heterocycles. The lowest BCUT2D eigenvalue weighted by molar-refractivity contribution is -0.118. The van der Waals surface area contributed by atoms with Gasteiger partial charge in [0.05, 0.1) is 11.2 Å². The van der Waals surface area contributed by atoms with Gasteiger partial charge >= 0.3 is 0 Å². The maximum atomic E-state index is 12.6. The van der Waals surface area contributed by atoms with Crippen LogP contribution >= 0.6 is 0 Å². The molecule has 1 aliphatic rings. The molecule has 0 saturated heterocycles. The highest BCUT2D eigenvalue weighted by Gasteiger charge is 2.68. The fraction of sp³-hybridized carbons (Fsp3) is 0.444. The number of nitrogens with zero attached hydrogens (tertiary/aromatic N) is 1. The Bertz CT molecular complexity index is 717. The molecule has 1 N–H and O–H groups in total. The van der Waals surface area contributed by atoms with Crippen LogP contribution in [-0.4, -0.2) is 10.9 Å². The largest absolute Gasteiger partial charge is 0.325 e. The van der Waals surface area contributed by atoms with Gasteiger partial charge in [0, 0.05) is 17.0 Å². The molecule has 1 aromatic carbocycles. The van der Waals surface area contributed by atoms with Gasteiger partial charge in [-0.05, 0) is 29.9 Å². The first-order valence-electron chi connectivity index (χ1n) is 7.42. The summed E-state index contributed by atoms with van der Waals surface area (Å²) < 4.78 is 0. The van der Waals surface area contributed by atoms with Crippen molar-refractivity contribution in [2.75, 3.05) is 5.32 Å². The highest BCUT2D eigenvalue weighted by atomic mass is 16.2. The summed E-state index contributed by atoms with van der Waals surface area (Å²) in [4.78, 5) is 17.1. The van der Waals surface area contributed by atoms with E-state index in [-0.39, 0.29) is 22.7 Å². The average molecular weight is 282 g/mol. The normalized spacial score (nSPS) is 19.5. The Balaban J connectivity index is 1.95. The van der Waals surface area contributed by atoms with Crippen molar-refractivity contribution < 1.29 is 4.79 Å². The number of pyridine rings is 1. The van der Waals surface area contributed by atoms with Gasteiger partial charge in [0.15, 0.2) is 0 Å². The second-order valence-corrected chi connectivity index (χ2v) is 7.19. The number of amides is 1. The highest BCUT2D eigenvalue weighted by molar-refractivity contribution is 6.03. The minimum Gasteiger partial charge on any atom is -0.325 e. The Morgan fingerprint density at radius 3 is 2.38 bits per heavy atom. The van der Waals surface area contributed by atoms with E-state index in [1.54, 1.807) is 0 Å². The molecule has 3 rings (SSSR count). The lowest BCUT2D eigenvalue weighted by Crippen LogP contribution is -2.18. The van der Waals surface area contributed by atoms with E-state index < -0.39 is 0 Å². The number of fused-ring (bicyclic) bond motifs is 1. The van der Waals surface area contributed by atoms with Crippen LogP contribution in [0.25, 0.3) is 10.9 Å². The first-order chi connectivity index (χ1) is 9.75. The Morgan fingerprint density at radius 1 is 1.14 bits per heavy atom. The Kier molecular flexibility index (Phi) is 2.88. The third-order valence-electron chi connectivity index (χ3n) is 5.39. The van der Waals surface area contributed by atoms with Crippen molar-refractivity contribution in [1.82, 2.24) is 4.98 Å². The zero-order valence-corrected chi connectivity index (χ0v) is 13.3. The summed E-state index contributed by atoms with van der Waals surface area (Å²) in [7, 11) is 0. The summed E-state index contributed by atoms with van der Waals surface area (Å²) in [6.07, 6.45) is 0. The van der Waals surface area contributed by atoms with Crippen LogP contribution in [0.3, 0.4) is 0 Å². The Hall–Kier alpha value is -1.90. The molecule has 0 radical (unpaired) electrons. The maximum Gasteiger partial charge on any atom is 0.228 e. The van der Waals surface area contributed by atoms with Crippen LogP contribution in [0.15, 0.2) is 30.3 Å². The van der Waals surface area contributed by atoms with Crippen LogP contribution in [0.2, 0.25) is 0 Å². The van der Waals surface area contributed by atoms with Crippen LogP contribution in [0.5, 0.6) is 0 Å². The molecule has 1 amide bonds. The summed E-state index contributed by atoms with van der Waals surface area (Å²) in [5, 5.41) is 4.11. The molecule has 0 bridgehead atoms. The summed E-state index contributed by atoms with van der Waals surface area (Å²) in [5.41, 5.74) is 2.80. The van der Waals surface area contributed by atoms with Gasteiger partial charge in [0.1, 0.15) is 0 Å². The monoisotopic (exact) mass is 282 g/mol. The molecule has 3 nitrogen and oxygen atoms in total. The molecule has 0 atom stereocenters. The topological polar surface area (TPSA) is 42.0 Å². The van der Waals surface area contributed by atoms with Gasteiger partial charge in [-0.2, -0.15) is 0 Å². The van der Waals surface area contributed by atoms with Gasteiger partial charge in [-0.1, -0.05) is 45.9 Å². The zero-order valence-electron chi connectivity index (χ0n) is 13.3. The molecule has 1 saturated carbocycles. The molecule has 21 heavy (non-hydrogen) atoms. The van der Waals surface area contributed by atoms with E-state index >= 15 is 0 Å². The van der Waals surface area contributed by atoms with Crippen molar-refractivity contribution in [3.05, 3.63) is 36.0 Å². The SMILES string of the molecule is Cc1cc(NC(=O)C2C(C)(C)C2(C)C)c2ccccc2n1. The van der Waals surface area contributed by atoms with Gasteiger partial charge < -0.3 is 5.32 Å². The fourth-order valence-electron chi connectivity index (χ4n) is 3.47. The van der Waals surface area contributed by atoms with Crippen LogP contribution in [0, 0.1) is 23.7 Å². The summed E-state index contributed by atoms with van der Waals surface area (Å²) >= 11 is 0. The van der Waals surface area contributed by atoms with Crippen LogP contribution in [0.1, 0.15) is 33.4 Å². The third-order valence-corrected chi connectivity index (χ3v) is 5.39. The number of para-hydroxylation sites is 1. The van der Waals surface area contributed by atoms with Crippen molar-refractivity contribution in [3.63, 3.8) is 0 Å². The number of carbonyl (C=O) groups is 1. The molecule has 0 spiro atoms. The third kappa shape index (κ3) is 2.03. The predicted octanol–water partition coefficient (Wildman–Crippen LogP) is 4.16. The van der Waals surface area contributed by atoms with E-state index in [0.29, 0.717) is 0 Å². The standard InChI is InChI=1S/C18H22N2O/c1-11-10-14(12-8-6-7-9-13(12)19-11)20-16(21)15-17(2,3)18(15,4)5/h6-10,15H,1-5H3,(H,19,20,21). The maximum absolute atomic E-state index is 12.6. The highest BCUT2D eigenvalue weighted by Crippen LogP contribution is 2.68. The summed E-state index contributed by atoms with van der Waals surface area (Å²) in [6, 6.07) is 9.86. The molecule has 0 aliphatic heterocycles. The van der Waals surface area contributed by atoms with Gasteiger partial charge in [-0.25, -0.2) is 0 Å². The number of hydrogen-bond donors (Lipinski definition) is 1. The number of hydrogen-bond acceptors (Lipinski definition) is 2. The van der Waals surface area contributed by atoms with Gasteiger partial charge in [-0.15, -0.1) is 0 Å². The van der Waals surface area contributed by atoms with Crippen LogP contribution < -0.4 is 5.32 Å². The number of aryl methyl sites for hydroxylation is 1. The number of aromatic nitrogens is 1. The average Bonchev–Trinajstić information content (AvgIpc) is 2.79. The minimum absolute atomic E-state index is 0.0506. The number of carbonyl (C=O) groups excluding carboxylic acids is 1. The second-order valence-electron chi connectivity index (χ2n) is 7.19. The predicted molar refractivity (Wildman–Crippen MR) is 86.2 cm³/mol. The number of rotatable bonds is 2. The lowest BCUT2D eigenvalue weighted by atomic mass is 10.0. The molecule has 1 fully saturated rings. The van der Waals surface area contributed by atoms with E-state index in [1.165, 1.54) is 0 Å². The van der Waals surface area contributed by atoms with Gasteiger partial charge in [0.2, 0.25) is 5.91 Å². The van der Waals surface area contributed by atoms with Crippen molar-refractivity contribution in [2.24, 2.45) is 16.7 Å². The quantitative estimate of drug-likeness (QED) is 0.898. The summed E-state index contributed by atoms with van der Waals surface area (Å²) in [6.45, 7) is 10.6. The molecule has 0 unspecified atom stereocenters. The van der Waals surface area contributed by atoms with Crippen molar-refractivity contribution in [2.45, 2.75) is 34.6 Å². The van der Waals surface area contributed by atoms with E-state index in [4.69, 9.17) is 0 Å². The summed E-state index contributed by atoms with van der Waals surface area (Å²) in [5.74, 6) is 0.165. The molecule has 110 valence electrons. The first-order valence-corrected chi connectivity index (χ1v) is 7.42. The van der Waals surface area contributed by atoms with Crippen molar-refractivity contribution in [3.8, 4) is 0 Å². The smallest absolute Gasteiger partial charge is 0.228 e. The minimum atomic E-state index is 0.0506. The lowest BCUT2D eigenvalue weighted by Gasteiger charge is -2.10. The van der Waals surface area contributed by atoms with E-state index in [0.717, 1.165) is 22.3 Å². The van der Waals surface area contributed by atoms with E-state index in [1.807, 2.05) is 37.3 Å². The molecular weight excluding hydrogens is 260 g/mol. The molecule has 1 heterocycles. The van der Waals surface area contributed by atoms with Gasteiger partial charge in [-0.3, -0.25) is 9.78 Å². The zero-order chi connectivity index (χ0) is 15.4. The van der Waals surface area contributed by atoms with E-state index in [2.05, 4.69) is 38.0 Å². The first kappa shape index (κ1) is 14.1. The Labute approximate surface area is 125 Å². The molecule has 1 aliphatic carbocycles. The van der Waals surface area contributed by atoms with Crippen molar-refractivity contribution in [1.29, 1.82) is 0 Å². The van der Waals surface area contributed by atoms with Crippen LogP contribution in [-0.2, 0) is 4.79 Å². The molecule has 3 heteroatoms. The molecular formula is C18H22N2O. The van der Waals surface area contributed by atoms with E-state index in [9.17, 15) is 4.79 Å². The van der Waals surface area contributed by atoms with Crippen molar-refractivity contribution >= 4 is 22.5 Å². The fourth-order valence-corrected chi connectivity index (χ4v) is 3.47. The number of nitrogens with one attached hydrogen (secondary N) is 1. The second kappa shape index (κ2) is 4.30. The number of anilines is 1. The van der Waals surface area contributed by atoms with Crippen LogP contribution in [0.4, 0.5) is 5.69 Å². The molecule has 2 aromatic rings.